The molecule has 2 aromatic rings. The maximum atomic E-state index is 12.9. The van der Waals surface area contributed by atoms with Crippen LogP contribution in [0.1, 0.15) is 23.5 Å². The second-order valence-electron chi connectivity index (χ2n) is 5.80. The summed E-state index contributed by atoms with van der Waals surface area (Å²) in [5.74, 6) is 0.354. The Morgan fingerprint density at radius 1 is 1.09 bits per heavy atom. The van der Waals surface area contributed by atoms with Crippen molar-refractivity contribution in [2.24, 2.45) is 0 Å². The van der Waals surface area contributed by atoms with Crippen molar-refractivity contribution in [2.75, 3.05) is 19.6 Å². The van der Waals surface area contributed by atoms with Gasteiger partial charge in [0.2, 0.25) is 5.91 Å². The lowest BCUT2D eigenvalue weighted by Crippen LogP contribution is -2.51. The van der Waals surface area contributed by atoms with Gasteiger partial charge in [-0.25, -0.2) is 0 Å². The van der Waals surface area contributed by atoms with Gasteiger partial charge < -0.3 is 10.2 Å². The topological polar surface area (TPSA) is 32.3 Å². The van der Waals surface area contributed by atoms with Crippen LogP contribution in [0.15, 0.2) is 60.7 Å². The van der Waals surface area contributed by atoms with Crippen LogP contribution in [0, 0.1) is 0 Å². The lowest BCUT2D eigenvalue weighted by Gasteiger charge is -2.34. The molecule has 1 amide bonds. The number of nitrogens with zero attached hydrogens (tertiary/aromatic N) is 1. The summed E-state index contributed by atoms with van der Waals surface area (Å²) < 4.78 is 0.237. The highest BCUT2D eigenvalue weighted by molar-refractivity contribution is 14.1. The molecule has 0 saturated carbocycles. The predicted molar refractivity (Wildman–Crippen MR) is 102 cm³/mol. The maximum absolute atomic E-state index is 12.9. The molecule has 0 spiro atoms. The molecule has 1 fully saturated rings. The van der Waals surface area contributed by atoms with E-state index in [9.17, 15) is 4.79 Å². The van der Waals surface area contributed by atoms with Crippen molar-refractivity contribution in [3.05, 3.63) is 71.8 Å². The molecule has 0 radical (unpaired) electrons. The van der Waals surface area contributed by atoms with Crippen LogP contribution in [0.4, 0.5) is 0 Å². The highest BCUT2D eigenvalue weighted by Gasteiger charge is 2.27. The van der Waals surface area contributed by atoms with Crippen LogP contribution in [-0.2, 0) is 4.79 Å². The number of piperazine rings is 1. The summed E-state index contributed by atoms with van der Waals surface area (Å²) in [6.07, 6.45) is 0.521. The molecule has 1 N–H and O–H groups in total. The van der Waals surface area contributed by atoms with Crippen LogP contribution in [-0.4, -0.2) is 34.5 Å². The fraction of sp³-hybridized carbons (Fsp3) is 0.316. The summed E-state index contributed by atoms with van der Waals surface area (Å²) in [4.78, 5) is 14.9. The third-order valence-electron chi connectivity index (χ3n) is 4.28. The first-order valence-corrected chi connectivity index (χ1v) is 9.24. The zero-order chi connectivity index (χ0) is 16.1. The minimum absolute atomic E-state index is 0.114. The summed E-state index contributed by atoms with van der Waals surface area (Å²) in [6.45, 7) is 2.54. The van der Waals surface area contributed by atoms with E-state index in [2.05, 4.69) is 52.2 Å². The Kier molecular flexibility index (Phi) is 5.67. The fourth-order valence-electron chi connectivity index (χ4n) is 3.04. The first-order valence-electron chi connectivity index (χ1n) is 8.00. The molecule has 2 aromatic carbocycles. The van der Waals surface area contributed by atoms with E-state index in [4.69, 9.17) is 0 Å². The Labute approximate surface area is 151 Å². The van der Waals surface area contributed by atoms with Gasteiger partial charge in [0.25, 0.3) is 0 Å². The van der Waals surface area contributed by atoms with Crippen LogP contribution >= 0.6 is 22.6 Å². The minimum atomic E-state index is 0.114. The van der Waals surface area contributed by atoms with Crippen molar-refractivity contribution in [1.29, 1.82) is 0 Å². The number of nitrogens with one attached hydrogen (secondary N) is 1. The number of alkyl halides is 1. The van der Waals surface area contributed by atoms with Crippen LogP contribution in [0.2, 0.25) is 0 Å². The summed E-state index contributed by atoms with van der Waals surface area (Å²) >= 11 is 2.35. The van der Waals surface area contributed by atoms with Crippen molar-refractivity contribution < 1.29 is 4.79 Å². The number of amides is 1. The first kappa shape index (κ1) is 16.5. The summed E-state index contributed by atoms with van der Waals surface area (Å²) in [7, 11) is 0. The van der Waals surface area contributed by atoms with Crippen LogP contribution < -0.4 is 5.32 Å². The van der Waals surface area contributed by atoms with Crippen LogP contribution in [0.25, 0.3) is 0 Å². The van der Waals surface area contributed by atoms with Gasteiger partial charge in [0, 0.05) is 32.0 Å². The van der Waals surface area contributed by atoms with Crippen LogP contribution in [0.3, 0.4) is 0 Å². The fourth-order valence-corrected chi connectivity index (χ4v) is 3.94. The molecule has 0 aliphatic carbocycles. The Hall–Kier alpha value is -1.40. The number of carbonyl (C=O) groups excluding carboxylic acids is 1. The summed E-state index contributed by atoms with van der Waals surface area (Å²) in [6, 6.07) is 20.7. The number of benzene rings is 2. The van der Waals surface area contributed by atoms with Crippen molar-refractivity contribution in [3.63, 3.8) is 0 Å². The van der Waals surface area contributed by atoms with E-state index in [0.29, 0.717) is 6.42 Å². The molecule has 1 unspecified atom stereocenters. The van der Waals surface area contributed by atoms with E-state index >= 15 is 0 Å². The third kappa shape index (κ3) is 4.12. The van der Waals surface area contributed by atoms with E-state index in [0.717, 1.165) is 19.6 Å². The number of halogens is 1. The molecule has 1 heterocycles. The number of rotatable bonds is 4. The normalized spacial score (nSPS) is 18.2. The second kappa shape index (κ2) is 7.93. The Morgan fingerprint density at radius 2 is 1.65 bits per heavy atom. The molecule has 3 rings (SSSR count). The summed E-state index contributed by atoms with van der Waals surface area (Å²) in [5.41, 5.74) is 2.40. The number of hydrogen-bond acceptors (Lipinski definition) is 2. The van der Waals surface area contributed by atoms with E-state index < -0.39 is 0 Å². The van der Waals surface area contributed by atoms with Gasteiger partial charge in [-0.15, -0.1) is 0 Å². The number of carbonyl (C=O) groups is 1. The van der Waals surface area contributed by atoms with Crippen LogP contribution in [0.5, 0.6) is 0 Å². The largest absolute Gasteiger partial charge is 0.328 e. The van der Waals surface area contributed by atoms with Gasteiger partial charge in [0.05, 0.1) is 4.05 Å². The molecule has 120 valence electrons. The Morgan fingerprint density at radius 3 is 2.17 bits per heavy atom. The van der Waals surface area contributed by atoms with Gasteiger partial charge in [-0.1, -0.05) is 83.3 Å². The van der Waals surface area contributed by atoms with Gasteiger partial charge in [-0.2, -0.15) is 0 Å². The van der Waals surface area contributed by atoms with E-state index in [1.165, 1.54) is 11.1 Å². The average Bonchev–Trinajstić information content (AvgIpc) is 2.61. The molecule has 3 nitrogen and oxygen atoms in total. The summed E-state index contributed by atoms with van der Waals surface area (Å²) in [5, 5.41) is 3.33. The molecular weight excluding hydrogens is 399 g/mol. The maximum Gasteiger partial charge on any atom is 0.224 e. The quantitative estimate of drug-likeness (QED) is 0.467. The molecule has 4 heteroatoms. The zero-order valence-electron chi connectivity index (χ0n) is 13.0. The Balaban J connectivity index is 1.83. The minimum Gasteiger partial charge on any atom is -0.328 e. The van der Waals surface area contributed by atoms with Gasteiger partial charge in [-0.3, -0.25) is 4.79 Å². The van der Waals surface area contributed by atoms with Gasteiger partial charge in [0.1, 0.15) is 0 Å². The number of hydrogen-bond donors (Lipinski definition) is 1. The molecular formula is C19H21IN2O. The van der Waals surface area contributed by atoms with Crippen molar-refractivity contribution >= 4 is 28.5 Å². The Bertz CT molecular complexity index is 593. The lowest BCUT2D eigenvalue weighted by atomic mass is 9.88. The molecule has 0 aromatic heterocycles. The average molecular weight is 420 g/mol. The monoisotopic (exact) mass is 420 g/mol. The van der Waals surface area contributed by atoms with E-state index in [1.807, 2.05) is 41.3 Å². The van der Waals surface area contributed by atoms with Gasteiger partial charge >= 0.3 is 0 Å². The zero-order valence-corrected chi connectivity index (χ0v) is 15.1. The highest BCUT2D eigenvalue weighted by atomic mass is 127. The van der Waals surface area contributed by atoms with E-state index in [-0.39, 0.29) is 15.9 Å². The third-order valence-corrected chi connectivity index (χ3v) is 5.40. The van der Waals surface area contributed by atoms with Crippen molar-refractivity contribution in [3.8, 4) is 0 Å². The van der Waals surface area contributed by atoms with Crippen molar-refractivity contribution in [2.45, 2.75) is 16.4 Å². The van der Waals surface area contributed by atoms with E-state index in [1.54, 1.807) is 0 Å². The van der Waals surface area contributed by atoms with Crippen molar-refractivity contribution in [1.82, 2.24) is 10.2 Å². The smallest absolute Gasteiger partial charge is 0.224 e. The van der Waals surface area contributed by atoms with Gasteiger partial charge in [-0.05, 0) is 11.1 Å². The molecule has 0 bridgehead atoms. The first-order chi connectivity index (χ1) is 11.3. The SMILES string of the molecule is O=C(CC(c1ccccc1)c1ccccc1)N1CCNCC1I. The molecule has 1 aliphatic rings. The lowest BCUT2D eigenvalue weighted by molar-refractivity contribution is -0.132. The predicted octanol–water partition coefficient (Wildman–Crippen LogP) is 3.40. The molecule has 1 aliphatic heterocycles. The molecule has 23 heavy (non-hydrogen) atoms. The molecule has 1 saturated heterocycles. The standard InChI is InChI=1S/C19H21IN2O/c20-18-14-21-11-12-22(18)19(23)13-17(15-7-3-1-4-8-15)16-9-5-2-6-10-16/h1-10,17-18,21H,11-14H2. The van der Waals surface area contributed by atoms with Gasteiger partial charge in [0.15, 0.2) is 0 Å². The molecule has 1 atom stereocenters. The second-order valence-corrected chi connectivity index (χ2v) is 7.24. The highest BCUT2D eigenvalue weighted by Crippen LogP contribution is 2.29.